The van der Waals surface area contributed by atoms with Crippen molar-refractivity contribution in [3.8, 4) is 0 Å². The van der Waals surface area contributed by atoms with Gasteiger partial charge in [-0.1, -0.05) is 0 Å². The Morgan fingerprint density at radius 3 is 3.00 bits per heavy atom. The van der Waals surface area contributed by atoms with E-state index in [0.717, 1.165) is 37.9 Å². The molecule has 13 heavy (non-hydrogen) atoms. The first kappa shape index (κ1) is 9.53. The summed E-state index contributed by atoms with van der Waals surface area (Å²) < 4.78 is 5.48. The largest absolute Gasteiger partial charge is 0.378 e. The first-order valence-electron chi connectivity index (χ1n) is 5.07. The van der Waals surface area contributed by atoms with E-state index in [1.54, 1.807) is 0 Å². The Kier molecular flexibility index (Phi) is 2.94. The number of hydrogen-bond donors (Lipinski definition) is 0. The molecule has 2 saturated heterocycles. The fraction of sp³-hybridized carbons (Fsp3) is 0.900. The predicted octanol–water partition coefficient (Wildman–Crippen LogP) is 2.02. The second kappa shape index (κ2) is 4.01. The van der Waals surface area contributed by atoms with Crippen molar-refractivity contribution in [3.63, 3.8) is 0 Å². The number of ether oxygens (including phenoxy) is 1. The van der Waals surface area contributed by atoms with E-state index in [-0.39, 0.29) is 4.75 Å². The van der Waals surface area contributed by atoms with Crippen LogP contribution in [0.15, 0.2) is 0 Å². The van der Waals surface area contributed by atoms with Gasteiger partial charge in [0.15, 0.2) is 0 Å². The molecule has 0 aromatic heterocycles. The van der Waals surface area contributed by atoms with E-state index >= 15 is 0 Å². The maximum Gasteiger partial charge on any atom is 0.136 e. The van der Waals surface area contributed by atoms with E-state index in [0.29, 0.717) is 6.10 Å². The van der Waals surface area contributed by atoms with Gasteiger partial charge in [0.25, 0.3) is 0 Å². The summed E-state index contributed by atoms with van der Waals surface area (Å²) in [6, 6.07) is 0. The number of rotatable bonds is 3. The molecule has 2 rings (SSSR count). The Morgan fingerprint density at radius 1 is 1.54 bits per heavy atom. The SMILES string of the molecule is O=CC1(CC2CCCO2)CCCS1. The van der Waals surface area contributed by atoms with E-state index in [1.165, 1.54) is 12.8 Å². The highest BCUT2D eigenvalue weighted by Gasteiger charge is 2.37. The summed E-state index contributed by atoms with van der Waals surface area (Å²) in [4.78, 5) is 11.0. The van der Waals surface area contributed by atoms with Gasteiger partial charge in [0.1, 0.15) is 6.29 Å². The summed E-state index contributed by atoms with van der Waals surface area (Å²) >= 11 is 1.83. The molecule has 3 heteroatoms. The number of thioether (sulfide) groups is 1. The Morgan fingerprint density at radius 2 is 2.46 bits per heavy atom. The molecule has 2 unspecified atom stereocenters. The zero-order valence-corrected chi connectivity index (χ0v) is 8.65. The Bertz CT molecular complexity index is 181. The average Bonchev–Trinajstić information content (AvgIpc) is 2.77. The molecule has 0 aromatic carbocycles. The normalized spacial score (nSPS) is 39.5. The van der Waals surface area contributed by atoms with Crippen molar-refractivity contribution < 1.29 is 9.53 Å². The monoisotopic (exact) mass is 200 g/mol. The van der Waals surface area contributed by atoms with Crippen LogP contribution in [0.5, 0.6) is 0 Å². The molecule has 0 spiro atoms. The van der Waals surface area contributed by atoms with Gasteiger partial charge in [0.2, 0.25) is 0 Å². The summed E-state index contributed by atoms with van der Waals surface area (Å²) in [6.07, 6.45) is 7.03. The van der Waals surface area contributed by atoms with Crippen molar-refractivity contribution in [2.75, 3.05) is 12.4 Å². The summed E-state index contributed by atoms with van der Waals surface area (Å²) in [6.45, 7) is 0.893. The van der Waals surface area contributed by atoms with Crippen molar-refractivity contribution in [1.29, 1.82) is 0 Å². The van der Waals surface area contributed by atoms with Gasteiger partial charge < -0.3 is 9.53 Å². The van der Waals surface area contributed by atoms with Gasteiger partial charge >= 0.3 is 0 Å². The number of hydrogen-bond acceptors (Lipinski definition) is 3. The van der Waals surface area contributed by atoms with E-state index < -0.39 is 0 Å². The van der Waals surface area contributed by atoms with Gasteiger partial charge in [-0.3, -0.25) is 0 Å². The molecule has 2 fully saturated rings. The number of carbonyl (C=O) groups excluding carboxylic acids is 1. The fourth-order valence-corrected chi connectivity index (χ4v) is 3.57. The molecule has 0 N–H and O–H groups in total. The lowest BCUT2D eigenvalue weighted by Crippen LogP contribution is -2.28. The topological polar surface area (TPSA) is 26.3 Å². The Balaban J connectivity index is 1.92. The van der Waals surface area contributed by atoms with Crippen LogP contribution < -0.4 is 0 Å². The molecule has 2 heterocycles. The molecular formula is C10H16O2S. The van der Waals surface area contributed by atoms with Crippen LogP contribution in [0.2, 0.25) is 0 Å². The van der Waals surface area contributed by atoms with Crippen LogP contribution >= 0.6 is 11.8 Å². The highest BCUT2D eigenvalue weighted by atomic mass is 32.2. The maximum absolute atomic E-state index is 11.0. The van der Waals surface area contributed by atoms with Gasteiger partial charge in [-0.05, 0) is 37.9 Å². The van der Waals surface area contributed by atoms with Gasteiger partial charge in [-0.2, -0.15) is 0 Å². The zero-order chi connectivity index (χ0) is 9.15. The summed E-state index contributed by atoms with van der Waals surface area (Å²) in [5.74, 6) is 1.14. The first-order chi connectivity index (χ1) is 6.35. The Labute approximate surface area is 83.4 Å². The quantitative estimate of drug-likeness (QED) is 0.652. The zero-order valence-electron chi connectivity index (χ0n) is 7.83. The van der Waals surface area contributed by atoms with Gasteiger partial charge in [-0.25, -0.2) is 0 Å². The van der Waals surface area contributed by atoms with Gasteiger partial charge in [0, 0.05) is 6.61 Å². The number of carbonyl (C=O) groups is 1. The first-order valence-corrected chi connectivity index (χ1v) is 6.05. The average molecular weight is 200 g/mol. The third-order valence-corrected chi connectivity index (χ3v) is 4.48. The second-order valence-electron chi connectivity index (χ2n) is 3.97. The summed E-state index contributed by atoms with van der Waals surface area (Å²) in [7, 11) is 0. The molecule has 0 aliphatic carbocycles. The van der Waals surface area contributed by atoms with Gasteiger partial charge in [0.05, 0.1) is 10.9 Å². The third-order valence-electron chi connectivity index (χ3n) is 2.95. The van der Waals surface area contributed by atoms with E-state index in [1.807, 2.05) is 11.8 Å². The lowest BCUT2D eigenvalue weighted by molar-refractivity contribution is -0.110. The van der Waals surface area contributed by atoms with Crippen LogP contribution in [-0.2, 0) is 9.53 Å². The minimum absolute atomic E-state index is 0.0883. The van der Waals surface area contributed by atoms with Crippen LogP contribution in [0.4, 0.5) is 0 Å². The molecule has 2 aliphatic heterocycles. The van der Waals surface area contributed by atoms with E-state index in [2.05, 4.69) is 0 Å². The molecule has 0 amide bonds. The van der Waals surface area contributed by atoms with Crippen molar-refractivity contribution in [2.45, 2.75) is 43.0 Å². The molecule has 0 radical (unpaired) electrons. The standard InChI is InChI=1S/C10H16O2S/c11-8-10(4-2-6-13-10)7-9-3-1-5-12-9/h8-9H,1-7H2. The highest BCUT2D eigenvalue weighted by Crippen LogP contribution is 2.41. The van der Waals surface area contributed by atoms with E-state index in [4.69, 9.17) is 4.74 Å². The van der Waals surface area contributed by atoms with Crippen molar-refractivity contribution in [3.05, 3.63) is 0 Å². The molecule has 2 atom stereocenters. The highest BCUT2D eigenvalue weighted by molar-refractivity contribution is 8.01. The van der Waals surface area contributed by atoms with Crippen LogP contribution in [-0.4, -0.2) is 29.5 Å². The molecule has 0 aromatic rings. The second-order valence-corrected chi connectivity index (χ2v) is 5.48. The van der Waals surface area contributed by atoms with Crippen LogP contribution in [0.3, 0.4) is 0 Å². The molecule has 0 bridgehead atoms. The smallest absolute Gasteiger partial charge is 0.136 e. The van der Waals surface area contributed by atoms with E-state index in [9.17, 15) is 4.79 Å². The lowest BCUT2D eigenvalue weighted by atomic mass is 9.96. The van der Waals surface area contributed by atoms with Crippen LogP contribution in [0, 0.1) is 0 Å². The summed E-state index contributed by atoms with van der Waals surface area (Å²) in [5, 5.41) is 0. The number of aldehydes is 1. The van der Waals surface area contributed by atoms with Crippen molar-refractivity contribution in [2.24, 2.45) is 0 Å². The lowest BCUT2D eigenvalue weighted by Gasteiger charge is -2.23. The maximum atomic E-state index is 11.0. The summed E-state index contributed by atoms with van der Waals surface area (Å²) in [5.41, 5.74) is 0. The van der Waals surface area contributed by atoms with Gasteiger partial charge in [-0.15, -0.1) is 11.8 Å². The van der Waals surface area contributed by atoms with Crippen molar-refractivity contribution >= 4 is 18.0 Å². The molecule has 2 nitrogen and oxygen atoms in total. The molecule has 2 aliphatic rings. The molecule has 74 valence electrons. The van der Waals surface area contributed by atoms with Crippen LogP contribution in [0.25, 0.3) is 0 Å². The molecular weight excluding hydrogens is 184 g/mol. The van der Waals surface area contributed by atoms with Crippen LogP contribution in [0.1, 0.15) is 32.1 Å². The predicted molar refractivity (Wildman–Crippen MR) is 54.1 cm³/mol. The molecule has 0 saturated carbocycles. The minimum Gasteiger partial charge on any atom is -0.378 e. The minimum atomic E-state index is -0.0883. The Hall–Kier alpha value is -0.0200. The van der Waals surface area contributed by atoms with Crippen molar-refractivity contribution in [1.82, 2.24) is 0 Å². The fourth-order valence-electron chi connectivity index (χ4n) is 2.21. The third kappa shape index (κ3) is 2.08.